The molecule has 0 aromatic carbocycles. The molecule has 0 bridgehead atoms. The molecule has 0 aromatic heterocycles. The Kier molecular flexibility index (Phi) is 13.7. The number of likely N-dealkylation sites (N-methyl/N-ethyl adjacent to an activating group) is 2. The summed E-state index contributed by atoms with van der Waals surface area (Å²) in [6.07, 6.45) is -3.02. The summed E-state index contributed by atoms with van der Waals surface area (Å²) in [5, 5.41) is 18.0. The van der Waals surface area contributed by atoms with Crippen molar-refractivity contribution in [3.63, 3.8) is 0 Å². The van der Waals surface area contributed by atoms with Crippen LogP contribution in [0.3, 0.4) is 0 Å². The number of ether oxygens (including phenoxy) is 5. The standard InChI is InChI=1S/C34H62N4O9/c1-13-25-34(8)28(36-32(42)47-34)22(6)35-17-19(3)16-33(7,43-12)29(20(4)26(39)21(5)30(41)45-25)46-31-27(40)24(37(9)10)15-23(44-31)18-38(11)14-2/h19-25,27-29,31,35,40H,13-18H2,1-12H3,(H,36,42)/t19-,20+,21?,22-,23?,24?,25-,27?,28-,29-,31?,33-,34-/m1/s1. The number of nitrogens with zero attached hydrogens (tertiary/aromatic N) is 2. The average molecular weight is 671 g/mol. The largest absolute Gasteiger partial charge is 0.458 e. The number of cyclic esters (lactones) is 1. The van der Waals surface area contributed by atoms with Crippen LogP contribution in [0.15, 0.2) is 0 Å². The molecule has 1 amide bonds. The van der Waals surface area contributed by atoms with Crippen LogP contribution in [-0.4, -0.2) is 141 Å². The smallest absolute Gasteiger partial charge is 0.408 e. The first-order valence-electron chi connectivity index (χ1n) is 17.3. The third-order valence-corrected chi connectivity index (χ3v) is 10.8. The number of hydrogen-bond acceptors (Lipinski definition) is 12. The topological polar surface area (TPSA) is 148 Å². The van der Waals surface area contributed by atoms with E-state index in [4.69, 9.17) is 23.7 Å². The van der Waals surface area contributed by atoms with Crippen molar-refractivity contribution in [3.8, 4) is 0 Å². The van der Waals surface area contributed by atoms with Gasteiger partial charge in [0.15, 0.2) is 17.7 Å². The van der Waals surface area contributed by atoms with E-state index in [0.717, 1.165) is 6.54 Å². The van der Waals surface area contributed by atoms with E-state index in [0.29, 0.717) is 32.4 Å². The molecule has 3 aliphatic heterocycles. The van der Waals surface area contributed by atoms with E-state index in [9.17, 15) is 19.5 Å². The van der Waals surface area contributed by atoms with Gasteiger partial charge >= 0.3 is 12.1 Å². The Balaban J connectivity index is 2.03. The summed E-state index contributed by atoms with van der Waals surface area (Å²) in [5.41, 5.74) is -2.17. The Hall–Kier alpha value is -1.87. The number of aliphatic hydroxyl groups is 1. The molecule has 13 atom stereocenters. The minimum Gasteiger partial charge on any atom is -0.458 e. The summed E-state index contributed by atoms with van der Waals surface area (Å²) >= 11 is 0. The number of ketones is 1. The van der Waals surface area contributed by atoms with Gasteiger partial charge in [0.2, 0.25) is 0 Å². The van der Waals surface area contributed by atoms with Gasteiger partial charge in [-0.05, 0) is 87.1 Å². The number of alkyl carbamates (subject to hydrolysis) is 1. The van der Waals surface area contributed by atoms with E-state index in [2.05, 4.69) is 29.4 Å². The number of amides is 1. The fraction of sp³-hybridized carbons (Fsp3) is 0.912. The molecule has 0 aromatic rings. The van der Waals surface area contributed by atoms with Gasteiger partial charge in [-0.1, -0.05) is 27.7 Å². The van der Waals surface area contributed by atoms with Gasteiger partial charge in [0.1, 0.15) is 18.1 Å². The first-order chi connectivity index (χ1) is 21.9. The minimum atomic E-state index is -1.15. The maximum absolute atomic E-state index is 14.2. The van der Waals surface area contributed by atoms with Crippen LogP contribution in [0.1, 0.15) is 74.7 Å². The van der Waals surface area contributed by atoms with Gasteiger partial charge in [0.05, 0.1) is 23.9 Å². The van der Waals surface area contributed by atoms with Crippen molar-refractivity contribution < 1.29 is 43.2 Å². The van der Waals surface area contributed by atoms with Crippen molar-refractivity contribution in [1.29, 1.82) is 0 Å². The molecular formula is C34H62N4O9. The number of nitrogens with one attached hydrogen (secondary N) is 2. The highest BCUT2D eigenvalue weighted by atomic mass is 16.7. The van der Waals surface area contributed by atoms with Crippen molar-refractivity contribution in [1.82, 2.24) is 20.4 Å². The predicted molar refractivity (Wildman–Crippen MR) is 177 cm³/mol. The number of hydrogen-bond donors (Lipinski definition) is 3. The summed E-state index contributed by atoms with van der Waals surface area (Å²) in [7, 11) is 7.45. The maximum Gasteiger partial charge on any atom is 0.408 e. The lowest BCUT2D eigenvalue weighted by Gasteiger charge is -2.47. The monoisotopic (exact) mass is 670 g/mol. The number of aliphatic hydroxyl groups excluding tert-OH is 1. The second-order valence-electron chi connectivity index (χ2n) is 14.8. The molecule has 3 rings (SSSR count). The van der Waals surface area contributed by atoms with Crippen LogP contribution >= 0.6 is 0 Å². The quantitative estimate of drug-likeness (QED) is 0.257. The first-order valence-corrected chi connectivity index (χ1v) is 17.3. The second kappa shape index (κ2) is 16.2. The lowest BCUT2D eigenvalue weighted by atomic mass is 9.78. The van der Waals surface area contributed by atoms with Crippen molar-refractivity contribution in [3.05, 3.63) is 0 Å². The molecule has 0 spiro atoms. The number of carbonyl (C=O) groups excluding carboxylic acids is 3. The number of Topliss-reactive ketones (excluding diaryl/α,β-unsaturated/α-hetero) is 1. The lowest BCUT2D eigenvalue weighted by Crippen LogP contribution is -2.60. The van der Waals surface area contributed by atoms with Crippen LogP contribution < -0.4 is 10.6 Å². The molecule has 13 heteroatoms. The summed E-state index contributed by atoms with van der Waals surface area (Å²) in [6, 6.07) is -0.967. The molecule has 3 fully saturated rings. The van der Waals surface area contributed by atoms with Gasteiger partial charge < -0.3 is 49.2 Å². The van der Waals surface area contributed by atoms with Crippen LogP contribution in [0.4, 0.5) is 4.79 Å². The third kappa shape index (κ3) is 8.84. The van der Waals surface area contributed by atoms with Crippen LogP contribution in [0.2, 0.25) is 0 Å². The van der Waals surface area contributed by atoms with E-state index in [1.54, 1.807) is 21.0 Å². The molecular weight excluding hydrogens is 608 g/mol. The molecule has 0 saturated carbocycles. The Morgan fingerprint density at radius 2 is 1.72 bits per heavy atom. The molecule has 3 N–H and O–H groups in total. The van der Waals surface area contributed by atoms with Gasteiger partial charge in [-0.3, -0.25) is 9.59 Å². The van der Waals surface area contributed by atoms with E-state index in [-0.39, 0.29) is 29.9 Å². The van der Waals surface area contributed by atoms with Gasteiger partial charge in [0.25, 0.3) is 0 Å². The van der Waals surface area contributed by atoms with Gasteiger partial charge in [-0.2, -0.15) is 0 Å². The van der Waals surface area contributed by atoms with Crippen molar-refractivity contribution in [2.75, 3.05) is 47.9 Å². The average Bonchev–Trinajstić information content (AvgIpc) is 3.34. The molecule has 3 aliphatic rings. The number of methoxy groups -OCH3 is 1. The normalized spacial score (nSPS) is 42.7. The molecule has 3 heterocycles. The number of carbonyl (C=O) groups is 3. The lowest BCUT2D eigenvalue weighted by molar-refractivity contribution is -0.298. The molecule has 5 unspecified atom stereocenters. The number of esters is 1. The fourth-order valence-electron chi connectivity index (χ4n) is 7.62. The summed E-state index contributed by atoms with van der Waals surface area (Å²) < 4.78 is 31.1. The van der Waals surface area contributed by atoms with Crippen molar-refractivity contribution in [2.24, 2.45) is 17.8 Å². The molecule has 272 valence electrons. The van der Waals surface area contributed by atoms with Crippen LogP contribution in [0, 0.1) is 17.8 Å². The van der Waals surface area contributed by atoms with Gasteiger partial charge in [0, 0.05) is 31.7 Å². The van der Waals surface area contributed by atoms with E-state index in [1.807, 2.05) is 46.8 Å². The summed E-state index contributed by atoms with van der Waals surface area (Å²) in [4.78, 5) is 44.4. The highest BCUT2D eigenvalue weighted by molar-refractivity contribution is 6.00. The molecule has 13 nitrogen and oxygen atoms in total. The predicted octanol–water partition coefficient (Wildman–Crippen LogP) is 2.18. The molecule has 0 aliphatic carbocycles. The molecule has 0 radical (unpaired) electrons. The van der Waals surface area contributed by atoms with E-state index < -0.39 is 65.7 Å². The van der Waals surface area contributed by atoms with Crippen LogP contribution in [0.25, 0.3) is 0 Å². The van der Waals surface area contributed by atoms with Crippen molar-refractivity contribution >= 4 is 17.8 Å². The van der Waals surface area contributed by atoms with Crippen LogP contribution in [-0.2, 0) is 33.3 Å². The zero-order valence-corrected chi connectivity index (χ0v) is 30.7. The summed E-state index contributed by atoms with van der Waals surface area (Å²) in [5.74, 6) is -3.04. The first kappa shape index (κ1) is 39.6. The fourth-order valence-corrected chi connectivity index (χ4v) is 7.62. The Labute approximate surface area is 281 Å². The van der Waals surface area contributed by atoms with Crippen LogP contribution in [0.5, 0.6) is 0 Å². The Morgan fingerprint density at radius 1 is 1.06 bits per heavy atom. The number of fused-ring (bicyclic) bond motifs is 1. The highest BCUT2D eigenvalue weighted by Gasteiger charge is 2.55. The van der Waals surface area contributed by atoms with Crippen molar-refractivity contribution in [2.45, 2.75) is 135 Å². The second-order valence-corrected chi connectivity index (χ2v) is 14.8. The maximum atomic E-state index is 14.2. The third-order valence-electron chi connectivity index (χ3n) is 10.8. The Bertz CT molecular complexity index is 1080. The zero-order valence-electron chi connectivity index (χ0n) is 30.7. The Morgan fingerprint density at radius 3 is 2.30 bits per heavy atom. The highest BCUT2D eigenvalue weighted by Crippen LogP contribution is 2.37. The molecule has 47 heavy (non-hydrogen) atoms. The van der Waals surface area contributed by atoms with Gasteiger partial charge in [-0.15, -0.1) is 0 Å². The van der Waals surface area contributed by atoms with E-state index >= 15 is 0 Å². The zero-order chi connectivity index (χ0) is 35.4. The molecule has 3 saturated heterocycles. The summed E-state index contributed by atoms with van der Waals surface area (Å²) in [6.45, 7) is 16.9. The minimum absolute atomic E-state index is 0.0279. The van der Waals surface area contributed by atoms with Gasteiger partial charge in [-0.25, -0.2) is 4.79 Å². The van der Waals surface area contributed by atoms with E-state index in [1.165, 1.54) is 6.92 Å². The number of rotatable bonds is 8. The SMILES string of the molecule is CC[C@H]1OC(=O)C(C)C(=O)[C@H](C)[C@@H](OC2OC(CN(C)CC)CC(N(C)C)C2O)[C@](C)(OC)C[C@@H](C)CN[C@H](C)[C@H]2NC(=O)O[C@@]21C.